The maximum Gasteiger partial charge on any atom is 0.0714 e. The molecule has 10 rings (SSSR count). The van der Waals surface area contributed by atoms with E-state index in [1.165, 1.54) is 78.6 Å². The largest absolute Gasteiger partial charge is 0.310 e. The molecule has 0 spiro atoms. The van der Waals surface area contributed by atoms with E-state index >= 15 is 0 Å². The maximum atomic E-state index is 4.37. The van der Waals surface area contributed by atoms with Crippen molar-refractivity contribution in [3.05, 3.63) is 281 Å². The average Bonchev–Trinajstić information content (AvgIpc) is 3.89. The number of allylic oxidation sites excluding steroid dienone is 4. The first kappa shape index (κ1) is 46.7. The lowest BCUT2D eigenvalue weighted by Crippen LogP contribution is -2.29. The van der Waals surface area contributed by atoms with Crippen LogP contribution in [-0.4, -0.2) is 0 Å². The number of nitrogens with zero attached hydrogens (tertiary/aromatic N) is 1. The van der Waals surface area contributed by atoms with Crippen molar-refractivity contribution in [2.24, 2.45) is 0 Å². The van der Waals surface area contributed by atoms with E-state index in [1.54, 1.807) is 4.88 Å². The predicted molar refractivity (Wildman–Crippen MR) is 292 cm³/mol. The number of fused-ring (bicyclic) bond motifs is 6. The van der Waals surface area contributed by atoms with Crippen molar-refractivity contribution in [2.75, 3.05) is 4.90 Å². The Balaban J connectivity index is 0.000000238. The molecule has 2 aliphatic carbocycles. The SMILES string of the molecule is C1=Cc2c(sc3ccccc23)CC1.C=C/C=C(\C=C)N(c1ccc(C)cc1)c1cc2c(c(C=C)c1C=C)-c1ccc(C)cc1C2(c1ccccc1)c1ccccc1.CC.Cc1ccccc1. The number of hydrogen-bond donors (Lipinski definition) is 0. The molecular weight excluding hydrogens is 815 g/mol. The molecule has 7 aromatic carbocycles. The molecule has 1 heterocycles. The van der Waals surface area contributed by atoms with Gasteiger partial charge in [-0.2, -0.15) is 0 Å². The lowest BCUT2D eigenvalue weighted by molar-refractivity contribution is 0.767. The molecule has 0 bridgehead atoms. The van der Waals surface area contributed by atoms with Crippen LogP contribution in [0.4, 0.5) is 11.4 Å². The summed E-state index contributed by atoms with van der Waals surface area (Å²) in [4.78, 5) is 3.82. The first-order valence-corrected chi connectivity index (χ1v) is 23.8. The molecule has 0 atom stereocenters. The van der Waals surface area contributed by atoms with E-state index in [-0.39, 0.29) is 0 Å². The topological polar surface area (TPSA) is 3.24 Å². The van der Waals surface area contributed by atoms with Gasteiger partial charge in [-0.25, -0.2) is 0 Å². The van der Waals surface area contributed by atoms with Crippen molar-refractivity contribution < 1.29 is 0 Å². The van der Waals surface area contributed by atoms with Crippen molar-refractivity contribution in [3.63, 3.8) is 0 Å². The molecule has 0 radical (unpaired) electrons. The van der Waals surface area contributed by atoms with Crippen LogP contribution in [0.5, 0.6) is 0 Å². The molecule has 0 fully saturated rings. The van der Waals surface area contributed by atoms with Crippen LogP contribution in [0.2, 0.25) is 0 Å². The Morgan fingerprint density at radius 2 is 1.18 bits per heavy atom. The van der Waals surface area contributed by atoms with Gasteiger partial charge in [0.1, 0.15) is 0 Å². The van der Waals surface area contributed by atoms with Crippen LogP contribution in [0.3, 0.4) is 0 Å². The molecule has 66 heavy (non-hydrogen) atoms. The van der Waals surface area contributed by atoms with Crippen LogP contribution in [0.15, 0.2) is 220 Å². The highest BCUT2D eigenvalue weighted by Crippen LogP contribution is 2.59. The third-order valence-corrected chi connectivity index (χ3v) is 13.5. The Labute approximate surface area is 398 Å². The minimum Gasteiger partial charge on any atom is -0.310 e. The second-order valence-electron chi connectivity index (χ2n) is 16.3. The molecule has 8 aromatic rings. The van der Waals surface area contributed by atoms with Gasteiger partial charge >= 0.3 is 0 Å². The van der Waals surface area contributed by atoms with E-state index in [9.17, 15) is 0 Å². The highest BCUT2D eigenvalue weighted by molar-refractivity contribution is 7.19. The van der Waals surface area contributed by atoms with Gasteiger partial charge in [0, 0.05) is 26.5 Å². The summed E-state index contributed by atoms with van der Waals surface area (Å²) in [5, 5.41) is 1.43. The average molecular weight is 876 g/mol. The van der Waals surface area contributed by atoms with Gasteiger partial charge in [0.05, 0.1) is 11.1 Å². The van der Waals surface area contributed by atoms with Gasteiger partial charge in [0.25, 0.3) is 0 Å². The Hall–Kier alpha value is -7.26. The first-order chi connectivity index (χ1) is 32.3. The minimum atomic E-state index is -0.555. The Morgan fingerprint density at radius 1 is 0.606 bits per heavy atom. The number of hydrogen-bond acceptors (Lipinski definition) is 2. The van der Waals surface area contributed by atoms with Crippen LogP contribution < -0.4 is 4.90 Å². The van der Waals surface area contributed by atoms with Gasteiger partial charge in [-0.05, 0) is 120 Å². The van der Waals surface area contributed by atoms with E-state index < -0.39 is 5.41 Å². The van der Waals surface area contributed by atoms with Crippen LogP contribution in [0.1, 0.15) is 80.8 Å². The van der Waals surface area contributed by atoms with Crippen molar-refractivity contribution in [1.82, 2.24) is 0 Å². The van der Waals surface area contributed by atoms with Crippen molar-refractivity contribution in [1.29, 1.82) is 0 Å². The Morgan fingerprint density at radius 3 is 1.76 bits per heavy atom. The summed E-state index contributed by atoms with van der Waals surface area (Å²) < 4.78 is 1.43. The molecule has 0 unspecified atom stereocenters. The standard InChI is InChI=1S/C43H37N.C12H10S.C7H8.C2H6/c1-7-17-34(8-2)44(35-25-22-30(5)23-26-35)41-29-40-42(37(10-4)36(41)9-3)38-27-24-31(6)28-39(38)43(40,32-18-13-11-14-19-32)33-20-15-12-16-21-33;1-3-7-11-9(5-1)10-6-2-4-8-12(10)13-11;1-7-5-3-2-4-6-7;1-2/h7-29H,1-4H2,5-6H3;1-3,5-7H,4,8H2;2-6H,1H3;1-2H3/b34-17+;;;. The van der Waals surface area contributed by atoms with Gasteiger partial charge in [0.15, 0.2) is 0 Å². The fourth-order valence-corrected chi connectivity index (χ4v) is 10.5. The van der Waals surface area contributed by atoms with Crippen LogP contribution in [0.25, 0.3) is 39.4 Å². The number of benzene rings is 7. The molecule has 0 saturated heterocycles. The lowest BCUT2D eigenvalue weighted by Gasteiger charge is -2.36. The van der Waals surface area contributed by atoms with E-state index in [0.717, 1.165) is 28.2 Å². The molecule has 1 aromatic heterocycles. The predicted octanol–water partition coefficient (Wildman–Crippen LogP) is 18.2. The molecule has 2 aliphatic rings. The molecule has 0 saturated carbocycles. The smallest absolute Gasteiger partial charge is 0.0714 e. The summed E-state index contributed by atoms with van der Waals surface area (Å²) in [5.41, 5.74) is 17.0. The van der Waals surface area contributed by atoms with Gasteiger partial charge in [-0.3, -0.25) is 0 Å². The third-order valence-electron chi connectivity index (χ3n) is 12.2. The van der Waals surface area contributed by atoms with Crippen LogP contribution in [-0.2, 0) is 11.8 Å². The van der Waals surface area contributed by atoms with E-state index in [2.05, 4.69) is 210 Å². The van der Waals surface area contributed by atoms with Crippen LogP contribution >= 0.6 is 11.3 Å². The van der Waals surface area contributed by atoms with Crippen LogP contribution in [0, 0.1) is 20.8 Å². The summed E-state index contributed by atoms with van der Waals surface area (Å²) in [5.74, 6) is 0. The molecule has 1 nitrogen and oxygen atoms in total. The van der Waals surface area contributed by atoms with E-state index in [1.807, 2.05) is 73.8 Å². The van der Waals surface area contributed by atoms with Gasteiger partial charge in [-0.15, -0.1) is 11.3 Å². The highest BCUT2D eigenvalue weighted by Gasteiger charge is 2.47. The van der Waals surface area contributed by atoms with E-state index in [0.29, 0.717) is 0 Å². The van der Waals surface area contributed by atoms with Crippen molar-refractivity contribution in [3.8, 4) is 11.1 Å². The summed E-state index contributed by atoms with van der Waals surface area (Å²) in [6.07, 6.45) is 16.6. The zero-order chi connectivity index (χ0) is 46.6. The fraction of sp³-hybridized carbons (Fsp3) is 0.125. The maximum absolute atomic E-state index is 4.37. The van der Waals surface area contributed by atoms with Crippen molar-refractivity contribution in [2.45, 2.75) is 52.9 Å². The number of rotatable bonds is 9. The summed E-state index contributed by atoms with van der Waals surface area (Å²) in [7, 11) is 0. The Bertz CT molecular complexity index is 2980. The van der Waals surface area contributed by atoms with Crippen molar-refractivity contribution >= 4 is 51.0 Å². The first-order valence-electron chi connectivity index (χ1n) is 23.0. The lowest BCUT2D eigenvalue weighted by atomic mass is 9.67. The summed E-state index contributed by atoms with van der Waals surface area (Å²) in [6.45, 7) is 27.3. The zero-order valence-electron chi connectivity index (χ0n) is 39.2. The molecule has 2 heteroatoms. The summed E-state index contributed by atoms with van der Waals surface area (Å²) >= 11 is 1.95. The quantitative estimate of drug-likeness (QED) is 0.131. The van der Waals surface area contributed by atoms with Gasteiger partial charge in [0.2, 0.25) is 0 Å². The number of thiophene rings is 1. The second-order valence-corrected chi connectivity index (χ2v) is 17.5. The normalized spacial score (nSPS) is 12.6. The Kier molecular flexibility index (Phi) is 15.3. The third kappa shape index (κ3) is 9.16. The molecule has 0 amide bonds. The highest BCUT2D eigenvalue weighted by atomic mass is 32.1. The zero-order valence-corrected chi connectivity index (χ0v) is 40.0. The number of aryl methyl sites for hydroxylation is 4. The second kappa shape index (κ2) is 21.6. The monoisotopic (exact) mass is 875 g/mol. The van der Waals surface area contributed by atoms with E-state index in [4.69, 9.17) is 0 Å². The minimum absolute atomic E-state index is 0.555. The fourth-order valence-electron chi connectivity index (χ4n) is 9.31. The van der Waals surface area contributed by atoms with Gasteiger partial charge in [-0.1, -0.05) is 227 Å². The molecule has 328 valence electrons. The summed E-state index contributed by atoms with van der Waals surface area (Å²) in [6, 6.07) is 58.5. The molecule has 0 N–H and O–H groups in total. The molecule has 0 aliphatic heterocycles. The molecular formula is C64H61NS. The number of anilines is 2. The van der Waals surface area contributed by atoms with Gasteiger partial charge < -0.3 is 4.90 Å².